The molecule has 0 radical (unpaired) electrons. The van der Waals surface area contributed by atoms with E-state index in [4.69, 9.17) is 19.6 Å². The molecule has 0 aromatic heterocycles. The van der Waals surface area contributed by atoms with Crippen molar-refractivity contribution in [2.45, 2.75) is 41.5 Å². The van der Waals surface area contributed by atoms with Crippen molar-refractivity contribution in [3.05, 3.63) is 33.4 Å². The third-order valence-electron chi connectivity index (χ3n) is 3.59. The van der Waals surface area contributed by atoms with Gasteiger partial charge in [-0.15, -0.1) is 0 Å². The minimum absolute atomic E-state index is 1.45. The Kier molecular flexibility index (Phi) is 6.98. The average molecular weight is 340 g/mol. The molecule has 122 valence electrons. The van der Waals surface area contributed by atoms with Crippen LogP contribution in [0.4, 0.5) is 0 Å². The van der Waals surface area contributed by atoms with Crippen LogP contribution in [-0.2, 0) is 13.4 Å². The van der Waals surface area contributed by atoms with Gasteiger partial charge in [0.05, 0.1) is 0 Å². The van der Waals surface area contributed by atoms with Gasteiger partial charge in [0.15, 0.2) is 0 Å². The summed E-state index contributed by atoms with van der Waals surface area (Å²) in [4.78, 5) is 31.0. The van der Waals surface area contributed by atoms with E-state index in [0.717, 1.165) is 0 Å². The van der Waals surface area contributed by atoms with Crippen molar-refractivity contribution in [1.82, 2.24) is 0 Å². The Morgan fingerprint density at radius 2 is 0.714 bits per heavy atom. The second kappa shape index (κ2) is 7.16. The van der Waals surface area contributed by atoms with Crippen LogP contribution >= 0.6 is 15.6 Å². The molecule has 0 atom stereocenters. The second-order valence-corrected chi connectivity index (χ2v) is 7.43. The third kappa shape index (κ3) is 6.85. The van der Waals surface area contributed by atoms with Crippen LogP contribution in [0.25, 0.3) is 0 Å². The van der Waals surface area contributed by atoms with Crippen LogP contribution < -0.4 is 0 Å². The summed E-state index contributed by atoms with van der Waals surface area (Å²) in [5.41, 5.74) is 8.73. The van der Waals surface area contributed by atoms with E-state index in [1.54, 1.807) is 0 Å². The Labute approximate surface area is 124 Å². The lowest BCUT2D eigenvalue weighted by atomic mass is 9.90. The summed E-state index contributed by atoms with van der Waals surface area (Å²) in [7, 11) is -10.1. The predicted molar refractivity (Wildman–Crippen MR) is 80.0 cm³/mol. The van der Waals surface area contributed by atoms with Gasteiger partial charge in [-0.2, -0.15) is 4.31 Å². The lowest BCUT2D eigenvalue weighted by Crippen LogP contribution is -1.98. The van der Waals surface area contributed by atoms with Crippen LogP contribution in [0.15, 0.2) is 0 Å². The summed E-state index contributed by atoms with van der Waals surface area (Å²) in [5, 5.41) is 0. The number of phosphoric acid groups is 2. The first-order valence-electron chi connectivity index (χ1n) is 6.03. The zero-order chi connectivity index (χ0) is 17.2. The van der Waals surface area contributed by atoms with Gasteiger partial charge >= 0.3 is 15.6 Å². The molecule has 0 amide bonds. The second-order valence-electron chi connectivity index (χ2n) is 4.81. The van der Waals surface area contributed by atoms with Gasteiger partial charge in [-0.1, -0.05) is 0 Å². The van der Waals surface area contributed by atoms with Gasteiger partial charge in [0, 0.05) is 0 Å². The van der Waals surface area contributed by atoms with E-state index in [1.165, 1.54) is 33.4 Å². The molecule has 0 aliphatic carbocycles. The first-order chi connectivity index (χ1) is 9.17. The average Bonchev–Trinajstić information content (AvgIpc) is 2.28. The maximum Gasteiger partial charge on any atom is 0.478 e. The monoisotopic (exact) mass is 340 g/mol. The molecule has 21 heavy (non-hydrogen) atoms. The van der Waals surface area contributed by atoms with Gasteiger partial charge in [0.2, 0.25) is 0 Å². The molecule has 0 aliphatic heterocycles. The Balaban J connectivity index is 0.000000400. The van der Waals surface area contributed by atoms with Crippen molar-refractivity contribution in [2.24, 2.45) is 0 Å². The molecule has 0 heterocycles. The number of rotatable bonds is 2. The Bertz CT molecular complexity index is 488. The molecule has 4 N–H and O–H groups in total. The van der Waals surface area contributed by atoms with Gasteiger partial charge in [0.25, 0.3) is 0 Å². The highest BCUT2D eigenvalue weighted by Crippen LogP contribution is 2.53. The molecule has 1 aromatic rings. The zero-order valence-corrected chi connectivity index (χ0v) is 14.7. The van der Waals surface area contributed by atoms with Gasteiger partial charge in [-0.25, -0.2) is 9.13 Å². The molecule has 0 fully saturated rings. The third-order valence-corrected chi connectivity index (χ3v) is 5.29. The largest absolute Gasteiger partial charge is 0.478 e. The van der Waals surface area contributed by atoms with Crippen molar-refractivity contribution in [1.29, 1.82) is 0 Å². The van der Waals surface area contributed by atoms with Crippen molar-refractivity contribution < 1.29 is 33.0 Å². The number of hydrogen-bond donors (Lipinski definition) is 4. The summed E-state index contributed by atoms with van der Waals surface area (Å²) >= 11 is 0. The van der Waals surface area contributed by atoms with Crippen molar-refractivity contribution >= 4 is 15.6 Å². The molecule has 1 aromatic carbocycles. The molecule has 0 saturated heterocycles. The summed E-state index contributed by atoms with van der Waals surface area (Å²) in [6.07, 6.45) is 0. The molecule has 0 bridgehead atoms. The maximum atomic E-state index is 9.63. The van der Waals surface area contributed by atoms with Crippen LogP contribution in [0.1, 0.15) is 33.4 Å². The minimum Gasteiger partial charge on any atom is -0.302 e. The van der Waals surface area contributed by atoms with Crippen molar-refractivity contribution in [3.8, 4) is 0 Å². The summed E-state index contributed by atoms with van der Waals surface area (Å²) in [6.45, 7) is 13.3. The molecular formula is C12H22O7P2. The summed E-state index contributed by atoms with van der Waals surface area (Å²) in [6, 6.07) is 0. The van der Waals surface area contributed by atoms with Crippen molar-refractivity contribution in [2.75, 3.05) is 0 Å². The molecule has 9 heteroatoms. The Hall–Kier alpha value is -0.520. The van der Waals surface area contributed by atoms with E-state index >= 15 is 0 Å². The molecular weight excluding hydrogens is 318 g/mol. The highest BCUT2D eigenvalue weighted by atomic mass is 31.3. The van der Waals surface area contributed by atoms with E-state index in [-0.39, 0.29) is 0 Å². The summed E-state index contributed by atoms with van der Waals surface area (Å²) < 4.78 is 22.2. The number of benzene rings is 1. The predicted octanol–water partition coefficient (Wildman–Crippen LogP) is 2.73. The smallest absolute Gasteiger partial charge is 0.302 e. The van der Waals surface area contributed by atoms with Crippen LogP contribution in [0, 0.1) is 41.5 Å². The van der Waals surface area contributed by atoms with Gasteiger partial charge in [-0.05, 0) is 74.9 Å². The fraction of sp³-hybridized carbons (Fsp3) is 0.500. The Morgan fingerprint density at radius 1 is 0.571 bits per heavy atom. The van der Waals surface area contributed by atoms with Crippen LogP contribution in [0.3, 0.4) is 0 Å². The summed E-state index contributed by atoms with van der Waals surface area (Å²) in [5.74, 6) is 0. The van der Waals surface area contributed by atoms with Crippen LogP contribution in [-0.4, -0.2) is 19.6 Å². The van der Waals surface area contributed by atoms with Crippen LogP contribution in [0.5, 0.6) is 0 Å². The maximum absolute atomic E-state index is 9.63. The standard InChI is InChI=1S/C12H18.H4O7P2/c1-7-8(2)10(4)12(6)11(5)9(7)3;1-8(2,3)7-9(4,5)6/h1-6H3;(H2,1,2,3)(H2,4,5,6). The fourth-order valence-corrected chi connectivity index (χ4v) is 2.93. The first-order valence-corrected chi connectivity index (χ1v) is 9.09. The quantitative estimate of drug-likeness (QED) is 0.610. The molecule has 1 rings (SSSR count). The van der Waals surface area contributed by atoms with E-state index in [2.05, 4.69) is 45.9 Å². The highest BCUT2D eigenvalue weighted by molar-refractivity contribution is 7.60. The SMILES string of the molecule is Cc1c(C)c(C)c(C)c(C)c1C.O=P(O)(O)OP(=O)(O)O. The van der Waals surface area contributed by atoms with E-state index in [1.807, 2.05) is 0 Å². The van der Waals surface area contributed by atoms with E-state index in [9.17, 15) is 9.13 Å². The van der Waals surface area contributed by atoms with Gasteiger partial charge in [0.1, 0.15) is 0 Å². The molecule has 0 aliphatic rings. The lowest BCUT2D eigenvalue weighted by Gasteiger charge is -2.15. The number of hydrogen-bond acceptors (Lipinski definition) is 3. The normalized spacial score (nSPS) is 11.9. The topological polar surface area (TPSA) is 124 Å². The van der Waals surface area contributed by atoms with Gasteiger partial charge < -0.3 is 19.6 Å². The van der Waals surface area contributed by atoms with Gasteiger partial charge in [-0.3, -0.25) is 0 Å². The first kappa shape index (κ1) is 20.5. The van der Waals surface area contributed by atoms with E-state index in [0.29, 0.717) is 0 Å². The Morgan fingerprint density at radius 3 is 0.762 bits per heavy atom. The molecule has 0 unspecified atom stereocenters. The fourth-order valence-electron chi connectivity index (χ4n) is 1.83. The lowest BCUT2D eigenvalue weighted by molar-refractivity contribution is 0.225. The molecule has 0 spiro atoms. The minimum atomic E-state index is -5.05. The highest BCUT2D eigenvalue weighted by Gasteiger charge is 2.27. The van der Waals surface area contributed by atoms with E-state index < -0.39 is 15.6 Å². The molecule has 0 saturated carbocycles. The molecule has 7 nitrogen and oxygen atoms in total. The van der Waals surface area contributed by atoms with Crippen molar-refractivity contribution in [3.63, 3.8) is 0 Å². The van der Waals surface area contributed by atoms with Crippen LogP contribution in [0.2, 0.25) is 0 Å². The zero-order valence-electron chi connectivity index (χ0n) is 12.9.